The largest absolute Gasteiger partial charge is 0.466 e. The predicted molar refractivity (Wildman–Crippen MR) is 126 cm³/mol. The number of nitro groups is 1. The third kappa shape index (κ3) is 4.59. The van der Waals surface area contributed by atoms with Gasteiger partial charge >= 0.3 is 11.9 Å². The number of carbonyl (C=O) groups excluding carboxylic acids is 2. The molecular formula is C25H30N3O7. The molecule has 1 atom stereocenters. The van der Waals surface area contributed by atoms with Crippen LogP contribution in [0.25, 0.3) is 0 Å². The van der Waals surface area contributed by atoms with Gasteiger partial charge in [0.25, 0.3) is 5.69 Å². The van der Waals surface area contributed by atoms with Gasteiger partial charge in [-0.05, 0) is 47.1 Å². The van der Waals surface area contributed by atoms with Gasteiger partial charge in [-0.2, -0.15) is 0 Å². The molecule has 35 heavy (non-hydrogen) atoms. The lowest BCUT2D eigenvalue weighted by atomic mass is 9.79. The summed E-state index contributed by atoms with van der Waals surface area (Å²) in [6.45, 7) is 10.2. The van der Waals surface area contributed by atoms with Gasteiger partial charge in [0.1, 0.15) is 6.61 Å². The summed E-state index contributed by atoms with van der Waals surface area (Å²) >= 11 is 0. The summed E-state index contributed by atoms with van der Waals surface area (Å²) < 4.78 is 10.6. The first kappa shape index (κ1) is 26.1. The molecule has 0 amide bonds. The van der Waals surface area contributed by atoms with Crippen molar-refractivity contribution in [2.45, 2.75) is 58.5 Å². The van der Waals surface area contributed by atoms with Crippen molar-refractivity contribution >= 4 is 17.6 Å². The monoisotopic (exact) mass is 484 g/mol. The third-order valence-electron chi connectivity index (χ3n) is 6.53. The summed E-state index contributed by atoms with van der Waals surface area (Å²) in [5.41, 5.74) is -0.151. The van der Waals surface area contributed by atoms with E-state index >= 15 is 0 Å². The zero-order valence-corrected chi connectivity index (χ0v) is 20.9. The smallest absolute Gasteiger partial charge is 0.337 e. The molecule has 3 rings (SSSR count). The highest BCUT2D eigenvalue weighted by atomic mass is 16.6. The number of hydroxylamine groups is 2. The Kier molecular flexibility index (Phi) is 6.92. The molecule has 2 aliphatic heterocycles. The van der Waals surface area contributed by atoms with Crippen LogP contribution >= 0.6 is 0 Å². The molecular weight excluding hydrogens is 454 g/mol. The normalized spacial score (nSPS) is 21.4. The molecule has 1 N–H and O–H groups in total. The fourth-order valence-electron chi connectivity index (χ4n) is 4.81. The summed E-state index contributed by atoms with van der Waals surface area (Å²) in [6.07, 6.45) is 1.77. The van der Waals surface area contributed by atoms with Gasteiger partial charge < -0.3 is 14.8 Å². The van der Waals surface area contributed by atoms with E-state index < -0.39 is 33.9 Å². The van der Waals surface area contributed by atoms with Crippen molar-refractivity contribution in [3.63, 3.8) is 0 Å². The first-order valence-electron chi connectivity index (χ1n) is 11.1. The van der Waals surface area contributed by atoms with E-state index in [4.69, 9.17) is 9.47 Å². The third-order valence-corrected chi connectivity index (χ3v) is 6.53. The van der Waals surface area contributed by atoms with Crippen LogP contribution in [0.4, 0.5) is 5.69 Å². The number of carbonyl (C=O) groups is 2. The Morgan fingerprint density at radius 3 is 2.17 bits per heavy atom. The standard InChI is InChI=1S/C25H30N3O7/c1-14-19(22(29)34-7)21(17-10-8-9-11-18(17)27(31)32)20(15(2)26-14)23(30)35-13-16-12-24(3,4)28(33)25(16,5)6/h8-12,21,26H,13H2,1-7H3. The van der Waals surface area contributed by atoms with E-state index in [9.17, 15) is 24.9 Å². The number of nitrogens with one attached hydrogen (secondary N) is 1. The number of methoxy groups -OCH3 is 1. The van der Waals surface area contributed by atoms with Crippen molar-refractivity contribution in [3.8, 4) is 0 Å². The lowest BCUT2D eigenvalue weighted by molar-refractivity contribution is -0.385. The Morgan fingerprint density at radius 2 is 1.66 bits per heavy atom. The van der Waals surface area contributed by atoms with Crippen molar-refractivity contribution in [1.82, 2.24) is 10.4 Å². The molecule has 0 aromatic heterocycles. The number of benzene rings is 1. The number of nitro benzene ring substituents is 1. The fraction of sp³-hybridized carbons (Fsp3) is 0.440. The molecule has 1 unspecified atom stereocenters. The topological polar surface area (TPSA) is 131 Å². The average molecular weight is 485 g/mol. The lowest BCUT2D eigenvalue weighted by Crippen LogP contribution is -2.47. The molecule has 10 nitrogen and oxygen atoms in total. The summed E-state index contributed by atoms with van der Waals surface area (Å²) in [7, 11) is 1.20. The number of hydrogen-bond donors (Lipinski definition) is 1. The Morgan fingerprint density at radius 1 is 1.09 bits per heavy atom. The second kappa shape index (κ2) is 9.27. The molecule has 10 heteroatoms. The minimum absolute atomic E-state index is 0.0555. The highest BCUT2D eigenvalue weighted by Crippen LogP contribution is 2.43. The maximum absolute atomic E-state index is 13.5. The molecule has 0 saturated carbocycles. The van der Waals surface area contributed by atoms with E-state index in [1.54, 1.807) is 53.7 Å². The summed E-state index contributed by atoms with van der Waals surface area (Å²) in [6, 6.07) is 5.93. The van der Waals surface area contributed by atoms with E-state index in [2.05, 4.69) is 5.32 Å². The number of esters is 2. The summed E-state index contributed by atoms with van der Waals surface area (Å²) in [4.78, 5) is 37.5. The molecule has 1 aromatic carbocycles. The summed E-state index contributed by atoms with van der Waals surface area (Å²) in [5.74, 6) is -2.57. The molecule has 1 aromatic rings. The number of dihydropyridines is 1. The molecule has 2 heterocycles. The lowest BCUT2D eigenvalue weighted by Gasteiger charge is -2.34. The Labute approximate surface area is 204 Å². The zero-order valence-electron chi connectivity index (χ0n) is 20.9. The van der Waals surface area contributed by atoms with Crippen molar-refractivity contribution in [2.75, 3.05) is 13.7 Å². The zero-order chi connectivity index (χ0) is 26.3. The Bertz CT molecular complexity index is 1180. The van der Waals surface area contributed by atoms with E-state index in [1.807, 2.05) is 0 Å². The van der Waals surface area contributed by atoms with E-state index in [0.717, 1.165) is 5.06 Å². The van der Waals surface area contributed by atoms with E-state index in [1.165, 1.54) is 25.3 Å². The molecule has 0 bridgehead atoms. The highest BCUT2D eigenvalue weighted by molar-refractivity contribution is 6.00. The van der Waals surface area contributed by atoms with Crippen molar-refractivity contribution in [2.24, 2.45) is 0 Å². The minimum Gasteiger partial charge on any atom is -0.466 e. The fourth-order valence-corrected chi connectivity index (χ4v) is 4.81. The maximum atomic E-state index is 13.5. The molecule has 1 radical (unpaired) electrons. The second-order valence-corrected chi connectivity index (χ2v) is 9.70. The molecule has 0 aliphatic carbocycles. The number of nitrogens with zero attached hydrogens (tertiary/aromatic N) is 2. The number of para-hydroxylation sites is 1. The number of rotatable bonds is 6. The number of allylic oxidation sites excluding steroid dienone is 2. The summed E-state index contributed by atoms with van der Waals surface area (Å²) in [5, 5.41) is 28.4. The van der Waals surface area contributed by atoms with Crippen LogP contribution in [-0.2, 0) is 24.3 Å². The molecule has 2 aliphatic rings. The van der Waals surface area contributed by atoms with Crippen LogP contribution in [0.5, 0.6) is 0 Å². The van der Waals surface area contributed by atoms with Gasteiger partial charge in [0.2, 0.25) is 0 Å². The molecule has 0 saturated heterocycles. The van der Waals surface area contributed by atoms with E-state index in [0.29, 0.717) is 17.0 Å². The average Bonchev–Trinajstić information content (AvgIpc) is 2.95. The quantitative estimate of drug-likeness (QED) is 0.280. The van der Waals surface area contributed by atoms with Crippen molar-refractivity contribution < 1.29 is 29.2 Å². The first-order valence-corrected chi connectivity index (χ1v) is 11.1. The molecule has 187 valence electrons. The number of hydrogen-bond acceptors (Lipinski definition) is 8. The van der Waals surface area contributed by atoms with Crippen molar-refractivity contribution in [1.29, 1.82) is 0 Å². The van der Waals surface area contributed by atoms with Gasteiger partial charge in [-0.1, -0.05) is 24.3 Å². The first-order chi connectivity index (χ1) is 16.2. The van der Waals surface area contributed by atoms with Crippen molar-refractivity contribution in [3.05, 3.63) is 74.1 Å². The van der Waals surface area contributed by atoms with Crippen LogP contribution < -0.4 is 5.32 Å². The van der Waals surface area contributed by atoms with Gasteiger partial charge in [-0.25, -0.2) is 9.59 Å². The number of ether oxygens (including phenoxy) is 2. The van der Waals surface area contributed by atoms with Gasteiger partial charge in [0.15, 0.2) is 0 Å². The Balaban J connectivity index is 2.05. The van der Waals surface area contributed by atoms with Crippen LogP contribution in [-0.4, -0.2) is 46.7 Å². The SMILES string of the molecule is COC(=O)C1=C(C)NC(C)=C(C(=O)OCC2=CC(C)(C)N([O])C2(C)C)C1c1ccccc1[N+](=O)[O-]. The van der Waals surface area contributed by atoms with E-state index in [-0.39, 0.29) is 29.0 Å². The molecule has 0 fully saturated rings. The second-order valence-electron chi connectivity index (χ2n) is 9.70. The van der Waals surface area contributed by atoms with Crippen LogP contribution in [0.2, 0.25) is 0 Å². The van der Waals surface area contributed by atoms with Gasteiger partial charge in [-0.15, -0.1) is 10.3 Å². The van der Waals surface area contributed by atoms with Crippen LogP contribution in [0, 0.1) is 10.1 Å². The molecule has 0 spiro atoms. The van der Waals surface area contributed by atoms with Crippen LogP contribution in [0.3, 0.4) is 0 Å². The minimum atomic E-state index is -1.09. The van der Waals surface area contributed by atoms with Crippen LogP contribution in [0.1, 0.15) is 53.0 Å². The highest BCUT2D eigenvalue weighted by Gasteiger charge is 2.47. The Hall–Kier alpha value is -3.50. The predicted octanol–water partition coefficient (Wildman–Crippen LogP) is 3.69. The van der Waals surface area contributed by atoms with Gasteiger partial charge in [0, 0.05) is 23.0 Å². The van der Waals surface area contributed by atoms with Gasteiger partial charge in [0.05, 0.1) is 40.2 Å². The maximum Gasteiger partial charge on any atom is 0.337 e. The van der Waals surface area contributed by atoms with Crippen LogP contribution in [0.15, 0.2) is 58.5 Å². The van der Waals surface area contributed by atoms with Gasteiger partial charge in [-0.3, -0.25) is 10.1 Å².